The van der Waals surface area contributed by atoms with Crippen LogP contribution in [0.1, 0.15) is 32.0 Å². The lowest BCUT2D eigenvalue weighted by molar-refractivity contribution is -0.154. The topological polar surface area (TPSA) is 93.3 Å². The van der Waals surface area contributed by atoms with Crippen molar-refractivity contribution in [3.63, 3.8) is 0 Å². The summed E-state index contributed by atoms with van der Waals surface area (Å²) >= 11 is 5.87. The van der Waals surface area contributed by atoms with Gasteiger partial charge in [0.05, 0.1) is 19.5 Å². The fourth-order valence-electron chi connectivity index (χ4n) is 2.46. The van der Waals surface area contributed by atoms with Gasteiger partial charge in [0, 0.05) is 29.8 Å². The number of imidazole rings is 1. The molecule has 152 valence electrons. The maximum atomic E-state index is 12.5. The van der Waals surface area contributed by atoms with Crippen LogP contribution < -0.4 is 5.32 Å². The second-order valence-electron chi connectivity index (χ2n) is 7.34. The fourth-order valence-corrected chi connectivity index (χ4v) is 2.59. The number of ether oxygens (including phenoxy) is 2. The minimum Gasteiger partial charge on any atom is -0.464 e. The van der Waals surface area contributed by atoms with Crippen LogP contribution in [0.3, 0.4) is 0 Å². The quantitative estimate of drug-likeness (QED) is 0.621. The Bertz CT molecular complexity index is 755. The molecule has 2 aromatic rings. The van der Waals surface area contributed by atoms with E-state index in [0.29, 0.717) is 17.9 Å². The molecule has 0 spiro atoms. The zero-order chi connectivity index (χ0) is 20.6. The van der Waals surface area contributed by atoms with E-state index in [4.69, 9.17) is 21.1 Å². The molecule has 2 rings (SSSR count). The molecule has 0 aliphatic carbocycles. The predicted octanol–water partition coefficient (Wildman–Crippen LogP) is 2.69. The molecule has 0 aliphatic heterocycles. The van der Waals surface area contributed by atoms with Gasteiger partial charge in [0.15, 0.2) is 0 Å². The number of hydrogen-bond donors (Lipinski definition) is 2. The van der Waals surface area contributed by atoms with Gasteiger partial charge in [-0.25, -0.2) is 4.98 Å². The maximum absolute atomic E-state index is 12.5. The monoisotopic (exact) mass is 407 g/mol. The van der Waals surface area contributed by atoms with Crippen molar-refractivity contribution in [1.29, 1.82) is 0 Å². The Balaban J connectivity index is 1.88. The Kier molecular flexibility index (Phi) is 8.02. The van der Waals surface area contributed by atoms with Crippen molar-refractivity contribution in [2.75, 3.05) is 13.2 Å². The molecule has 1 aromatic heterocycles. The summed E-state index contributed by atoms with van der Waals surface area (Å²) in [5.41, 5.74) is 1.19. The molecule has 0 bridgehead atoms. The first kappa shape index (κ1) is 21.9. The molecule has 0 radical (unpaired) electrons. The van der Waals surface area contributed by atoms with Crippen LogP contribution in [0.25, 0.3) is 0 Å². The average Bonchev–Trinajstić information content (AvgIpc) is 3.12. The average molecular weight is 408 g/mol. The van der Waals surface area contributed by atoms with Gasteiger partial charge in [-0.05, 0) is 38.5 Å². The number of nitrogens with one attached hydrogen (secondary N) is 2. The third-order valence-corrected chi connectivity index (χ3v) is 3.98. The lowest BCUT2D eigenvalue weighted by atomic mass is 10.1. The summed E-state index contributed by atoms with van der Waals surface area (Å²) in [4.78, 5) is 31.4. The Morgan fingerprint density at radius 2 is 1.96 bits per heavy atom. The summed E-state index contributed by atoms with van der Waals surface area (Å²) in [6.07, 6.45) is 4.06. The van der Waals surface area contributed by atoms with E-state index in [2.05, 4.69) is 15.3 Å². The first-order chi connectivity index (χ1) is 13.2. The zero-order valence-corrected chi connectivity index (χ0v) is 17.1. The van der Waals surface area contributed by atoms with Crippen molar-refractivity contribution >= 4 is 23.5 Å². The van der Waals surface area contributed by atoms with Gasteiger partial charge in [0.2, 0.25) is 0 Å². The number of carbonyl (C=O) groups excluding carboxylic acids is 2. The van der Waals surface area contributed by atoms with E-state index in [1.165, 1.54) is 6.33 Å². The Morgan fingerprint density at radius 1 is 1.25 bits per heavy atom. The highest BCUT2D eigenvalue weighted by Gasteiger charge is 2.23. The highest BCUT2D eigenvalue weighted by atomic mass is 35.5. The standard InChI is InChI=1S/C20H26ClN3O4/c1-20(2,3)28-18(25)12-23-17(10-16-11-22-13-24-16)19(26)27-9-8-14-4-6-15(21)7-5-14/h4-7,11,13,17,23H,8-10,12H2,1-3H3,(H,22,24)/t17-/m0/s1. The molecule has 28 heavy (non-hydrogen) atoms. The number of H-pyrrole nitrogens is 1. The van der Waals surface area contributed by atoms with Gasteiger partial charge in [-0.3, -0.25) is 14.9 Å². The van der Waals surface area contributed by atoms with Gasteiger partial charge in [-0.15, -0.1) is 0 Å². The number of carbonyl (C=O) groups is 2. The van der Waals surface area contributed by atoms with Crippen LogP contribution in [0.4, 0.5) is 0 Å². The number of nitrogens with zero attached hydrogens (tertiary/aromatic N) is 1. The Morgan fingerprint density at radius 3 is 2.57 bits per heavy atom. The first-order valence-electron chi connectivity index (χ1n) is 9.06. The van der Waals surface area contributed by atoms with E-state index in [1.807, 2.05) is 12.1 Å². The maximum Gasteiger partial charge on any atom is 0.323 e. The van der Waals surface area contributed by atoms with Gasteiger partial charge >= 0.3 is 11.9 Å². The van der Waals surface area contributed by atoms with Crippen molar-refractivity contribution in [3.8, 4) is 0 Å². The summed E-state index contributed by atoms with van der Waals surface area (Å²) in [6, 6.07) is 6.67. The van der Waals surface area contributed by atoms with Crippen LogP contribution in [0, 0.1) is 0 Å². The molecular formula is C20H26ClN3O4. The van der Waals surface area contributed by atoms with E-state index < -0.39 is 23.6 Å². The number of esters is 2. The van der Waals surface area contributed by atoms with Crippen LogP contribution in [-0.2, 0) is 31.9 Å². The smallest absolute Gasteiger partial charge is 0.323 e. The summed E-state index contributed by atoms with van der Waals surface area (Å²) in [7, 11) is 0. The SMILES string of the molecule is CC(C)(C)OC(=O)CN[C@@H](Cc1cnc[nH]1)C(=O)OCCc1ccc(Cl)cc1. The van der Waals surface area contributed by atoms with E-state index >= 15 is 0 Å². The zero-order valence-electron chi connectivity index (χ0n) is 16.3. The van der Waals surface area contributed by atoms with Gasteiger partial charge in [0.25, 0.3) is 0 Å². The molecule has 0 saturated carbocycles. The van der Waals surface area contributed by atoms with Crippen molar-refractivity contribution in [1.82, 2.24) is 15.3 Å². The molecule has 0 unspecified atom stereocenters. The molecular weight excluding hydrogens is 382 g/mol. The largest absolute Gasteiger partial charge is 0.464 e. The minimum atomic E-state index is -0.696. The van der Waals surface area contributed by atoms with Gasteiger partial charge in [0.1, 0.15) is 11.6 Å². The second-order valence-corrected chi connectivity index (χ2v) is 7.78. The van der Waals surface area contributed by atoms with Crippen LogP contribution in [0.15, 0.2) is 36.8 Å². The van der Waals surface area contributed by atoms with Crippen molar-refractivity contribution in [3.05, 3.63) is 53.1 Å². The Labute approximate surface area is 169 Å². The van der Waals surface area contributed by atoms with E-state index in [1.54, 1.807) is 39.1 Å². The Hall–Kier alpha value is -2.38. The number of halogens is 1. The molecule has 0 amide bonds. The third kappa shape index (κ3) is 8.10. The normalized spacial score (nSPS) is 12.4. The molecule has 0 fully saturated rings. The van der Waals surface area contributed by atoms with E-state index in [9.17, 15) is 9.59 Å². The van der Waals surface area contributed by atoms with Crippen LogP contribution in [-0.4, -0.2) is 46.7 Å². The summed E-state index contributed by atoms with van der Waals surface area (Å²) in [6.45, 7) is 5.50. The van der Waals surface area contributed by atoms with Crippen LogP contribution in [0.2, 0.25) is 5.02 Å². The predicted molar refractivity (Wildman–Crippen MR) is 106 cm³/mol. The van der Waals surface area contributed by atoms with E-state index in [-0.39, 0.29) is 13.2 Å². The number of aromatic amines is 1. The first-order valence-corrected chi connectivity index (χ1v) is 9.44. The highest BCUT2D eigenvalue weighted by Crippen LogP contribution is 2.10. The molecule has 1 atom stereocenters. The van der Waals surface area contributed by atoms with Gasteiger partial charge in [-0.1, -0.05) is 23.7 Å². The van der Waals surface area contributed by atoms with Crippen molar-refractivity contribution in [2.45, 2.75) is 45.3 Å². The summed E-state index contributed by atoms with van der Waals surface area (Å²) in [5.74, 6) is -0.872. The fraction of sp³-hybridized carbons (Fsp3) is 0.450. The molecule has 0 saturated heterocycles. The molecule has 7 nitrogen and oxygen atoms in total. The molecule has 0 aliphatic rings. The van der Waals surface area contributed by atoms with Crippen LogP contribution >= 0.6 is 11.6 Å². The molecule has 2 N–H and O–H groups in total. The highest BCUT2D eigenvalue weighted by molar-refractivity contribution is 6.30. The molecule has 8 heteroatoms. The number of benzene rings is 1. The van der Waals surface area contributed by atoms with Crippen molar-refractivity contribution < 1.29 is 19.1 Å². The van der Waals surface area contributed by atoms with Crippen molar-refractivity contribution in [2.24, 2.45) is 0 Å². The minimum absolute atomic E-state index is 0.0949. The third-order valence-electron chi connectivity index (χ3n) is 3.72. The summed E-state index contributed by atoms with van der Waals surface area (Å²) in [5, 5.41) is 3.58. The molecule has 1 aromatic carbocycles. The second kappa shape index (κ2) is 10.2. The lowest BCUT2D eigenvalue weighted by Crippen LogP contribution is -2.44. The van der Waals surface area contributed by atoms with Crippen LogP contribution in [0.5, 0.6) is 0 Å². The van der Waals surface area contributed by atoms with Gasteiger partial charge < -0.3 is 14.5 Å². The summed E-state index contributed by atoms with van der Waals surface area (Å²) < 4.78 is 10.7. The van der Waals surface area contributed by atoms with Gasteiger partial charge in [-0.2, -0.15) is 0 Å². The lowest BCUT2D eigenvalue weighted by Gasteiger charge is -2.21. The molecule has 1 heterocycles. The number of rotatable bonds is 9. The van der Waals surface area contributed by atoms with E-state index in [0.717, 1.165) is 11.3 Å². The number of hydrogen-bond acceptors (Lipinski definition) is 6. The number of aromatic nitrogens is 2.